The van der Waals surface area contributed by atoms with Gasteiger partial charge in [-0.05, 0) is 11.6 Å². The van der Waals surface area contributed by atoms with Gasteiger partial charge in [-0.2, -0.15) is 0 Å². The van der Waals surface area contributed by atoms with Crippen molar-refractivity contribution in [1.29, 1.82) is 0 Å². The van der Waals surface area contributed by atoms with Crippen LogP contribution >= 0.6 is 0 Å². The summed E-state index contributed by atoms with van der Waals surface area (Å²) in [6, 6.07) is 10.9. The van der Waals surface area contributed by atoms with Crippen molar-refractivity contribution in [3.05, 3.63) is 65.7 Å². The molecule has 0 fully saturated rings. The molecular weight excluding hydrogens is 283 g/mol. The van der Waals surface area contributed by atoms with Gasteiger partial charge in [-0.3, -0.25) is 4.98 Å². The molecule has 0 aliphatic heterocycles. The number of aromatic nitrogens is 1. The number of hydrogen-bond donors (Lipinski definition) is 1. The fourth-order valence-corrected chi connectivity index (χ4v) is 1.64. The van der Waals surface area contributed by atoms with Crippen molar-refractivity contribution in [2.24, 2.45) is 0 Å². The fourth-order valence-electron chi connectivity index (χ4n) is 1.64. The van der Waals surface area contributed by atoms with Crippen LogP contribution in [0.4, 0.5) is 9.18 Å². The summed E-state index contributed by atoms with van der Waals surface area (Å²) >= 11 is 0. The molecule has 4 nitrogen and oxygen atoms in total. The maximum atomic E-state index is 13.2. The molecule has 0 radical (unpaired) electrons. The van der Waals surface area contributed by atoms with Gasteiger partial charge in [0.25, 0.3) is 0 Å². The summed E-state index contributed by atoms with van der Waals surface area (Å²) in [5.41, 5.74) is 1.22. The number of rotatable bonds is 4. The Morgan fingerprint density at radius 2 is 2.09 bits per heavy atom. The predicted molar refractivity (Wildman–Crippen MR) is 80.3 cm³/mol. The summed E-state index contributed by atoms with van der Waals surface area (Å²) in [6.07, 6.45) is 2.50. The van der Waals surface area contributed by atoms with Crippen molar-refractivity contribution in [1.82, 2.24) is 10.3 Å². The zero-order chi connectivity index (χ0) is 15.6. The van der Waals surface area contributed by atoms with E-state index in [4.69, 9.17) is 4.74 Å². The Kier molecular flexibility index (Phi) is 5.94. The maximum Gasteiger partial charge on any atom is 0.407 e. The lowest BCUT2D eigenvalue weighted by molar-refractivity contribution is 0.140. The molecule has 112 valence electrons. The van der Waals surface area contributed by atoms with Crippen molar-refractivity contribution in [3.63, 3.8) is 0 Å². The van der Waals surface area contributed by atoms with Crippen molar-refractivity contribution in [2.75, 3.05) is 6.54 Å². The van der Waals surface area contributed by atoms with E-state index >= 15 is 0 Å². The number of amides is 1. The Morgan fingerprint density at radius 1 is 1.27 bits per heavy atom. The lowest BCUT2D eigenvalue weighted by Gasteiger charge is -2.05. The van der Waals surface area contributed by atoms with Gasteiger partial charge in [-0.1, -0.05) is 42.2 Å². The molecule has 2 aromatic rings. The first-order chi connectivity index (χ1) is 10.8. The van der Waals surface area contributed by atoms with Gasteiger partial charge in [0.05, 0.1) is 11.8 Å². The third-order valence-corrected chi connectivity index (χ3v) is 2.73. The van der Waals surface area contributed by atoms with Gasteiger partial charge >= 0.3 is 6.09 Å². The summed E-state index contributed by atoms with van der Waals surface area (Å²) in [4.78, 5) is 15.1. The van der Waals surface area contributed by atoms with Crippen LogP contribution < -0.4 is 5.32 Å². The van der Waals surface area contributed by atoms with Crippen LogP contribution in [-0.2, 0) is 11.3 Å². The zero-order valence-corrected chi connectivity index (χ0v) is 11.9. The molecule has 0 spiro atoms. The van der Waals surface area contributed by atoms with E-state index in [1.807, 2.05) is 30.3 Å². The number of carbonyl (C=O) groups excluding carboxylic acids is 1. The normalized spacial score (nSPS) is 9.50. The molecule has 0 saturated heterocycles. The Balaban J connectivity index is 1.67. The fraction of sp³-hybridized carbons (Fsp3) is 0.176. The third kappa shape index (κ3) is 5.25. The molecule has 1 amide bonds. The second kappa shape index (κ2) is 8.42. The van der Waals surface area contributed by atoms with Crippen molar-refractivity contribution in [3.8, 4) is 11.8 Å². The zero-order valence-electron chi connectivity index (χ0n) is 11.9. The van der Waals surface area contributed by atoms with E-state index in [9.17, 15) is 9.18 Å². The minimum Gasteiger partial charge on any atom is -0.445 e. The number of nitrogens with zero attached hydrogens (tertiary/aromatic N) is 1. The molecule has 5 heteroatoms. The molecule has 0 aliphatic rings. The smallest absolute Gasteiger partial charge is 0.407 e. The van der Waals surface area contributed by atoms with Crippen LogP contribution in [0.15, 0.2) is 48.8 Å². The van der Waals surface area contributed by atoms with Gasteiger partial charge in [0, 0.05) is 19.2 Å². The van der Waals surface area contributed by atoms with Crippen LogP contribution in [0.3, 0.4) is 0 Å². The quantitative estimate of drug-likeness (QED) is 0.697. The SMILES string of the molecule is O=C(NCCC#Cc1ccncc1F)OCc1ccccc1. The van der Waals surface area contributed by atoms with E-state index in [1.54, 1.807) is 0 Å². The van der Waals surface area contributed by atoms with Gasteiger partial charge in [-0.15, -0.1) is 0 Å². The molecule has 0 unspecified atom stereocenters. The molecule has 1 aromatic carbocycles. The summed E-state index contributed by atoms with van der Waals surface area (Å²) in [7, 11) is 0. The maximum absolute atomic E-state index is 13.2. The summed E-state index contributed by atoms with van der Waals surface area (Å²) in [5.74, 6) is 5.02. The highest BCUT2D eigenvalue weighted by Gasteiger charge is 2.01. The van der Waals surface area contributed by atoms with Crippen LogP contribution in [0.25, 0.3) is 0 Å². The second-order valence-electron chi connectivity index (χ2n) is 4.40. The number of halogens is 1. The van der Waals surface area contributed by atoms with Crippen LogP contribution in [0.5, 0.6) is 0 Å². The van der Waals surface area contributed by atoms with E-state index < -0.39 is 11.9 Å². The van der Waals surface area contributed by atoms with Crippen LogP contribution in [0.1, 0.15) is 17.5 Å². The molecule has 0 aliphatic carbocycles. The van der Waals surface area contributed by atoms with Crippen LogP contribution in [0.2, 0.25) is 0 Å². The van der Waals surface area contributed by atoms with E-state index in [0.29, 0.717) is 18.5 Å². The van der Waals surface area contributed by atoms with Gasteiger partial charge < -0.3 is 10.1 Å². The largest absolute Gasteiger partial charge is 0.445 e. The minimum atomic E-state index is -0.499. The number of benzene rings is 1. The molecule has 1 N–H and O–H groups in total. The van der Waals surface area contributed by atoms with E-state index in [-0.39, 0.29) is 6.61 Å². The number of carbonyl (C=O) groups is 1. The summed E-state index contributed by atoms with van der Waals surface area (Å²) in [5, 5.41) is 2.58. The molecule has 22 heavy (non-hydrogen) atoms. The highest BCUT2D eigenvalue weighted by atomic mass is 19.1. The Hall–Kier alpha value is -2.87. The first-order valence-electron chi connectivity index (χ1n) is 6.78. The van der Waals surface area contributed by atoms with Gasteiger partial charge in [0.15, 0.2) is 5.82 Å². The average Bonchev–Trinajstić information content (AvgIpc) is 2.55. The van der Waals surface area contributed by atoms with Crippen LogP contribution in [-0.4, -0.2) is 17.6 Å². The molecule has 0 atom stereocenters. The number of alkyl carbamates (subject to hydrolysis) is 1. The molecule has 1 aromatic heterocycles. The third-order valence-electron chi connectivity index (χ3n) is 2.73. The Labute approximate surface area is 128 Å². The summed E-state index contributed by atoms with van der Waals surface area (Å²) < 4.78 is 18.3. The van der Waals surface area contributed by atoms with Crippen LogP contribution in [0, 0.1) is 17.7 Å². The van der Waals surface area contributed by atoms with Crippen molar-refractivity contribution in [2.45, 2.75) is 13.0 Å². The predicted octanol–water partition coefficient (Wildman–Crippen LogP) is 2.89. The van der Waals surface area contributed by atoms with Crippen molar-refractivity contribution < 1.29 is 13.9 Å². The number of nitrogens with one attached hydrogen (secondary N) is 1. The lowest BCUT2D eigenvalue weighted by atomic mass is 10.2. The first kappa shape index (κ1) is 15.5. The van der Waals surface area contributed by atoms with E-state index in [0.717, 1.165) is 11.8 Å². The highest BCUT2D eigenvalue weighted by Crippen LogP contribution is 2.02. The van der Waals surface area contributed by atoms with Crippen molar-refractivity contribution >= 4 is 6.09 Å². The molecule has 1 heterocycles. The molecule has 0 saturated carbocycles. The van der Waals surface area contributed by atoms with E-state index in [2.05, 4.69) is 22.1 Å². The topological polar surface area (TPSA) is 51.2 Å². The lowest BCUT2D eigenvalue weighted by Crippen LogP contribution is -2.24. The molecule has 2 rings (SSSR count). The van der Waals surface area contributed by atoms with Gasteiger partial charge in [-0.25, -0.2) is 9.18 Å². The minimum absolute atomic E-state index is 0.223. The Bertz CT molecular complexity index is 678. The number of hydrogen-bond acceptors (Lipinski definition) is 3. The number of ether oxygens (including phenoxy) is 1. The van der Waals surface area contributed by atoms with Gasteiger partial charge in [0.1, 0.15) is 6.61 Å². The highest BCUT2D eigenvalue weighted by molar-refractivity contribution is 5.67. The van der Waals surface area contributed by atoms with E-state index in [1.165, 1.54) is 12.3 Å². The van der Waals surface area contributed by atoms with Gasteiger partial charge in [0.2, 0.25) is 0 Å². The molecule has 0 bridgehead atoms. The molecular formula is C17H15FN2O2. The average molecular weight is 298 g/mol. The monoisotopic (exact) mass is 298 g/mol. The first-order valence-corrected chi connectivity index (χ1v) is 6.78. The Morgan fingerprint density at radius 3 is 2.86 bits per heavy atom. The second-order valence-corrected chi connectivity index (χ2v) is 4.40. The summed E-state index contributed by atoms with van der Waals surface area (Å²) in [6.45, 7) is 0.563. The number of pyridine rings is 1. The standard InChI is InChI=1S/C17H15FN2O2/c18-16-12-19-11-9-15(16)8-4-5-10-20-17(21)22-13-14-6-2-1-3-7-14/h1-3,6-7,9,11-12H,5,10,13H2,(H,20,21).